The Morgan fingerprint density at radius 2 is 2.36 bits per heavy atom. The van der Waals surface area contributed by atoms with Crippen molar-refractivity contribution in [3.63, 3.8) is 0 Å². The van der Waals surface area contributed by atoms with Crippen LogP contribution in [0.1, 0.15) is 6.42 Å². The number of anilines is 1. The van der Waals surface area contributed by atoms with Crippen LogP contribution in [0.15, 0.2) is 17.1 Å². The van der Waals surface area contributed by atoms with Crippen molar-refractivity contribution in [3.05, 3.63) is 22.7 Å². The fourth-order valence-electron chi connectivity index (χ4n) is 1.41. The molecule has 1 N–H and O–H groups in total. The second-order valence-corrected chi connectivity index (χ2v) is 3.68. The molecule has 0 spiro atoms. The molecule has 1 unspecified atom stereocenters. The number of rotatable bonds is 1. The number of alkyl halides is 1. The first-order valence-corrected chi connectivity index (χ1v) is 4.60. The highest BCUT2D eigenvalue weighted by Crippen LogP contribution is 2.20. The number of nitrogens with zero attached hydrogens (tertiary/aromatic N) is 2. The summed E-state index contributed by atoms with van der Waals surface area (Å²) in [5.74, 6) is 0.380. The van der Waals surface area contributed by atoms with Crippen molar-refractivity contribution in [3.8, 4) is 0 Å². The van der Waals surface area contributed by atoms with E-state index >= 15 is 0 Å². The second-order valence-electron chi connectivity index (χ2n) is 3.07. The molecule has 0 saturated carbocycles. The van der Waals surface area contributed by atoms with Crippen LogP contribution in [0.25, 0.3) is 0 Å². The molecule has 1 aromatic heterocycles. The highest BCUT2D eigenvalue weighted by molar-refractivity contribution is 6.24. The van der Waals surface area contributed by atoms with Gasteiger partial charge in [-0.3, -0.25) is 14.7 Å². The molecule has 1 aliphatic heterocycles. The van der Waals surface area contributed by atoms with Crippen molar-refractivity contribution < 1.29 is 4.79 Å². The number of hydrogen-bond donors (Lipinski definition) is 1. The van der Waals surface area contributed by atoms with E-state index in [1.807, 2.05) is 0 Å². The molecule has 0 aliphatic carbocycles. The van der Waals surface area contributed by atoms with Crippen molar-refractivity contribution in [2.45, 2.75) is 11.8 Å². The average molecular weight is 214 g/mol. The number of aromatic nitrogens is 2. The number of carbonyl (C=O) groups excluding carboxylic acids is 1. The minimum absolute atomic E-state index is 0.0770. The van der Waals surface area contributed by atoms with Gasteiger partial charge in [0.2, 0.25) is 5.91 Å². The lowest BCUT2D eigenvalue weighted by molar-refractivity contribution is -0.117. The topological polar surface area (TPSA) is 66.1 Å². The van der Waals surface area contributed by atoms with E-state index in [0.717, 1.165) is 0 Å². The zero-order valence-corrected chi connectivity index (χ0v) is 7.99. The zero-order valence-electron chi connectivity index (χ0n) is 7.24. The van der Waals surface area contributed by atoms with Gasteiger partial charge in [-0.15, -0.1) is 11.6 Å². The molecule has 0 aromatic carbocycles. The lowest BCUT2D eigenvalue weighted by Gasteiger charge is -2.14. The monoisotopic (exact) mass is 213 g/mol. The zero-order chi connectivity index (χ0) is 10.1. The van der Waals surface area contributed by atoms with E-state index in [9.17, 15) is 9.59 Å². The van der Waals surface area contributed by atoms with Crippen LogP contribution in [0.3, 0.4) is 0 Å². The van der Waals surface area contributed by atoms with E-state index in [0.29, 0.717) is 18.8 Å². The minimum Gasteiger partial charge on any atom is -0.297 e. The molecule has 1 saturated heterocycles. The van der Waals surface area contributed by atoms with Crippen LogP contribution in [0, 0.1) is 0 Å². The van der Waals surface area contributed by atoms with E-state index in [-0.39, 0.29) is 11.3 Å². The van der Waals surface area contributed by atoms with Gasteiger partial charge in [-0.1, -0.05) is 0 Å². The summed E-state index contributed by atoms with van der Waals surface area (Å²) in [6.07, 6.45) is 1.68. The molecule has 6 heteroatoms. The molecule has 0 radical (unpaired) electrons. The number of aromatic amines is 1. The maximum absolute atomic E-state index is 11.4. The number of carbonyl (C=O) groups is 1. The van der Waals surface area contributed by atoms with E-state index in [1.165, 1.54) is 11.1 Å². The molecular weight excluding hydrogens is 206 g/mol. The van der Waals surface area contributed by atoms with E-state index in [4.69, 9.17) is 11.6 Å². The molecule has 2 heterocycles. The number of H-pyrrole nitrogens is 1. The third kappa shape index (κ3) is 1.63. The Kier molecular flexibility index (Phi) is 2.25. The minimum atomic E-state index is -0.465. The molecule has 74 valence electrons. The molecule has 1 aliphatic rings. The van der Waals surface area contributed by atoms with Gasteiger partial charge in [0.15, 0.2) is 0 Å². The Morgan fingerprint density at radius 1 is 1.57 bits per heavy atom. The van der Waals surface area contributed by atoms with Gasteiger partial charge in [0.1, 0.15) is 5.82 Å². The molecule has 1 amide bonds. The highest BCUT2D eigenvalue weighted by Gasteiger charge is 2.29. The maximum atomic E-state index is 11.4. The third-order valence-electron chi connectivity index (χ3n) is 2.03. The molecule has 0 bridgehead atoms. The summed E-state index contributed by atoms with van der Waals surface area (Å²) in [7, 11) is 0. The van der Waals surface area contributed by atoms with Crippen molar-refractivity contribution >= 4 is 23.3 Å². The number of halogens is 1. The summed E-state index contributed by atoms with van der Waals surface area (Å²) >= 11 is 5.82. The summed E-state index contributed by atoms with van der Waals surface area (Å²) < 4.78 is 0. The molecule has 1 aromatic rings. The molecule has 14 heavy (non-hydrogen) atoms. The van der Waals surface area contributed by atoms with Crippen LogP contribution in [0.2, 0.25) is 0 Å². The maximum Gasteiger partial charge on any atom is 0.346 e. The Labute approximate surface area is 84.7 Å². The smallest absolute Gasteiger partial charge is 0.297 e. The van der Waals surface area contributed by atoms with Crippen molar-refractivity contribution in [2.75, 3.05) is 11.4 Å². The molecule has 1 fully saturated rings. The lowest BCUT2D eigenvalue weighted by atomic mass is 10.4. The van der Waals surface area contributed by atoms with Crippen molar-refractivity contribution in [1.82, 2.24) is 9.97 Å². The molecule has 1 atom stereocenters. The average Bonchev–Trinajstić information content (AvgIpc) is 2.45. The summed E-state index contributed by atoms with van der Waals surface area (Å²) in [5.41, 5.74) is -0.465. The molecule has 5 nitrogen and oxygen atoms in total. The summed E-state index contributed by atoms with van der Waals surface area (Å²) in [6, 6.07) is 1.58. The predicted molar refractivity (Wildman–Crippen MR) is 51.5 cm³/mol. The second kappa shape index (κ2) is 3.42. The summed E-state index contributed by atoms with van der Waals surface area (Å²) in [4.78, 5) is 29.7. The van der Waals surface area contributed by atoms with Crippen molar-refractivity contribution in [1.29, 1.82) is 0 Å². The van der Waals surface area contributed by atoms with Crippen LogP contribution in [0.5, 0.6) is 0 Å². The summed E-state index contributed by atoms with van der Waals surface area (Å²) in [5, 5.41) is -0.181. The number of nitrogens with one attached hydrogen (secondary N) is 1. The quantitative estimate of drug-likeness (QED) is 0.674. The van der Waals surface area contributed by atoms with E-state index in [2.05, 4.69) is 9.97 Å². The van der Waals surface area contributed by atoms with Crippen LogP contribution >= 0.6 is 11.6 Å². The Bertz CT molecular complexity index is 417. The largest absolute Gasteiger partial charge is 0.346 e. The van der Waals surface area contributed by atoms with Crippen LogP contribution < -0.4 is 10.6 Å². The van der Waals surface area contributed by atoms with Crippen LogP contribution in [-0.2, 0) is 4.79 Å². The third-order valence-corrected chi connectivity index (χ3v) is 2.32. The number of hydrogen-bond acceptors (Lipinski definition) is 3. The van der Waals surface area contributed by atoms with Gasteiger partial charge in [-0.2, -0.15) is 0 Å². The van der Waals surface area contributed by atoms with E-state index < -0.39 is 5.69 Å². The van der Waals surface area contributed by atoms with Gasteiger partial charge < -0.3 is 0 Å². The molecule has 2 rings (SSSR count). The van der Waals surface area contributed by atoms with Gasteiger partial charge in [-0.25, -0.2) is 9.78 Å². The first-order valence-electron chi connectivity index (χ1n) is 4.16. The first-order chi connectivity index (χ1) is 6.66. The fourth-order valence-corrected chi connectivity index (χ4v) is 1.68. The van der Waals surface area contributed by atoms with Crippen molar-refractivity contribution in [2.24, 2.45) is 0 Å². The standard InChI is InChI=1S/C8H8ClN3O2/c9-5-3-7(13)12(4-5)6-1-2-10-8(14)11-6/h1-2,5H,3-4H2,(H,10,11,14). The van der Waals surface area contributed by atoms with E-state index in [1.54, 1.807) is 6.07 Å². The van der Waals surface area contributed by atoms with Crippen LogP contribution in [-0.4, -0.2) is 27.8 Å². The van der Waals surface area contributed by atoms with Gasteiger partial charge in [0.05, 0.1) is 5.38 Å². The number of amides is 1. The van der Waals surface area contributed by atoms with Gasteiger partial charge in [0.25, 0.3) is 0 Å². The summed E-state index contributed by atoms with van der Waals surface area (Å²) in [6.45, 7) is 0.431. The highest BCUT2D eigenvalue weighted by atomic mass is 35.5. The van der Waals surface area contributed by atoms with Gasteiger partial charge in [-0.05, 0) is 6.07 Å². The SMILES string of the molecule is O=C1CC(Cl)CN1c1ccnc(=O)[nH]1. The predicted octanol–water partition coefficient (Wildman–Crippen LogP) is 0.114. The Balaban J connectivity index is 2.32. The van der Waals surface area contributed by atoms with Gasteiger partial charge >= 0.3 is 5.69 Å². The van der Waals surface area contributed by atoms with Crippen LogP contribution in [0.4, 0.5) is 5.82 Å². The molecular formula is C8H8ClN3O2. The Morgan fingerprint density at radius 3 is 2.93 bits per heavy atom. The first kappa shape index (κ1) is 9.21. The fraction of sp³-hybridized carbons (Fsp3) is 0.375. The Hall–Kier alpha value is -1.36. The lowest BCUT2D eigenvalue weighted by Crippen LogP contribution is -2.27. The normalized spacial score (nSPS) is 21.6. The van der Waals surface area contributed by atoms with Gasteiger partial charge in [0, 0.05) is 19.2 Å².